The number of nitrogens with zero attached hydrogens (tertiary/aromatic N) is 5. The van der Waals surface area contributed by atoms with Crippen LogP contribution >= 0.6 is 0 Å². The van der Waals surface area contributed by atoms with Crippen LogP contribution in [0.4, 0.5) is 5.82 Å². The first kappa shape index (κ1) is 18.6. The van der Waals surface area contributed by atoms with Crippen molar-refractivity contribution in [3.63, 3.8) is 0 Å². The highest BCUT2D eigenvalue weighted by Gasteiger charge is 2.53. The third-order valence-electron chi connectivity index (χ3n) is 6.36. The number of benzene rings is 1. The average molecular weight is 400 g/mol. The van der Waals surface area contributed by atoms with Crippen LogP contribution in [0.3, 0.4) is 0 Å². The van der Waals surface area contributed by atoms with Gasteiger partial charge in [0.1, 0.15) is 17.8 Å². The van der Waals surface area contributed by atoms with Crippen molar-refractivity contribution in [1.82, 2.24) is 19.9 Å². The number of nitriles is 1. The first-order chi connectivity index (χ1) is 14.6. The van der Waals surface area contributed by atoms with Gasteiger partial charge in [-0.1, -0.05) is 24.3 Å². The van der Waals surface area contributed by atoms with Crippen LogP contribution in [0.2, 0.25) is 0 Å². The van der Waals surface area contributed by atoms with Crippen LogP contribution in [0.25, 0.3) is 11.0 Å². The molecule has 2 aliphatic rings. The van der Waals surface area contributed by atoms with Gasteiger partial charge >= 0.3 is 0 Å². The highest BCUT2D eigenvalue weighted by molar-refractivity contribution is 5.91. The van der Waals surface area contributed by atoms with E-state index in [0.29, 0.717) is 19.4 Å². The predicted octanol–water partition coefficient (Wildman–Crippen LogP) is 2.76. The Morgan fingerprint density at radius 2 is 2.10 bits per heavy atom. The van der Waals surface area contributed by atoms with E-state index >= 15 is 0 Å². The van der Waals surface area contributed by atoms with E-state index in [0.717, 1.165) is 59.5 Å². The van der Waals surface area contributed by atoms with Crippen LogP contribution in [0.1, 0.15) is 29.5 Å². The SMILES string of the molecule is Cc1c[nH]c2ncnc(N3CCN(C(=O)Cc4cccc(CC#N)c4)C4(CC4)C3)c12. The molecule has 7 nitrogen and oxygen atoms in total. The molecule has 152 valence electrons. The Kier molecular flexibility index (Phi) is 4.43. The zero-order valence-electron chi connectivity index (χ0n) is 17.1. The number of H-pyrrole nitrogens is 1. The quantitative estimate of drug-likeness (QED) is 0.727. The van der Waals surface area contributed by atoms with Crippen LogP contribution in [0.15, 0.2) is 36.8 Å². The van der Waals surface area contributed by atoms with Crippen molar-refractivity contribution in [3.05, 3.63) is 53.5 Å². The summed E-state index contributed by atoms with van der Waals surface area (Å²) < 4.78 is 0. The molecule has 3 aromatic rings. The first-order valence-electron chi connectivity index (χ1n) is 10.4. The van der Waals surface area contributed by atoms with Crippen molar-refractivity contribution < 1.29 is 4.79 Å². The Bertz CT molecular complexity index is 1160. The molecular formula is C23H24N6O. The van der Waals surface area contributed by atoms with Crippen LogP contribution in [-0.2, 0) is 17.6 Å². The van der Waals surface area contributed by atoms with Gasteiger partial charge in [-0.05, 0) is 36.5 Å². The van der Waals surface area contributed by atoms with Gasteiger partial charge in [0.2, 0.25) is 5.91 Å². The lowest BCUT2D eigenvalue weighted by Crippen LogP contribution is -2.57. The van der Waals surface area contributed by atoms with Crippen LogP contribution in [-0.4, -0.2) is 50.9 Å². The Balaban J connectivity index is 1.34. The van der Waals surface area contributed by atoms with Crippen LogP contribution < -0.4 is 4.90 Å². The fraction of sp³-hybridized carbons (Fsp3) is 0.391. The lowest BCUT2D eigenvalue weighted by Gasteiger charge is -2.43. The molecule has 1 spiro atoms. The van der Waals surface area contributed by atoms with Gasteiger partial charge < -0.3 is 14.8 Å². The maximum Gasteiger partial charge on any atom is 0.227 e. The minimum atomic E-state index is -0.0823. The molecule has 1 amide bonds. The van der Waals surface area contributed by atoms with E-state index < -0.39 is 0 Å². The lowest BCUT2D eigenvalue weighted by atomic mass is 10.0. The van der Waals surface area contributed by atoms with Crippen molar-refractivity contribution in [2.75, 3.05) is 24.5 Å². The molecule has 0 radical (unpaired) electrons. The molecule has 0 bridgehead atoms. The molecule has 1 aliphatic carbocycles. The molecule has 1 aliphatic heterocycles. The van der Waals surface area contributed by atoms with Gasteiger partial charge in [-0.3, -0.25) is 4.79 Å². The van der Waals surface area contributed by atoms with Gasteiger partial charge in [-0.25, -0.2) is 9.97 Å². The zero-order chi connectivity index (χ0) is 20.7. The summed E-state index contributed by atoms with van der Waals surface area (Å²) >= 11 is 0. The number of aromatic nitrogens is 3. The van der Waals surface area contributed by atoms with Crippen LogP contribution in [0, 0.1) is 18.3 Å². The topological polar surface area (TPSA) is 88.9 Å². The number of aryl methyl sites for hydroxylation is 1. The van der Waals surface area contributed by atoms with Gasteiger partial charge in [0.15, 0.2) is 0 Å². The monoisotopic (exact) mass is 400 g/mol. The maximum absolute atomic E-state index is 13.2. The summed E-state index contributed by atoms with van der Waals surface area (Å²) in [5.74, 6) is 1.13. The average Bonchev–Trinajstić information content (AvgIpc) is 3.40. The summed E-state index contributed by atoms with van der Waals surface area (Å²) in [6.07, 6.45) is 6.40. The molecule has 1 saturated heterocycles. The Labute approximate surface area is 175 Å². The van der Waals surface area contributed by atoms with Crippen molar-refractivity contribution in [2.24, 2.45) is 0 Å². The first-order valence-corrected chi connectivity index (χ1v) is 10.4. The predicted molar refractivity (Wildman–Crippen MR) is 114 cm³/mol. The van der Waals surface area contributed by atoms with E-state index in [-0.39, 0.29) is 11.4 Å². The number of piperazine rings is 1. The molecule has 1 saturated carbocycles. The lowest BCUT2D eigenvalue weighted by molar-refractivity contribution is -0.134. The number of hydrogen-bond acceptors (Lipinski definition) is 5. The van der Waals surface area contributed by atoms with Crippen molar-refractivity contribution in [2.45, 2.75) is 38.1 Å². The van der Waals surface area contributed by atoms with E-state index in [4.69, 9.17) is 5.26 Å². The minimum Gasteiger partial charge on any atom is -0.352 e. The number of carbonyl (C=O) groups is 1. The number of hydrogen-bond donors (Lipinski definition) is 1. The largest absolute Gasteiger partial charge is 0.352 e. The number of carbonyl (C=O) groups excluding carboxylic acids is 1. The number of anilines is 1. The van der Waals surface area contributed by atoms with Gasteiger partial charge in [0, 0.05) is 25.8 Å². The number of rotatable bonds is 4. The highest BCUT2D eigenvalue weighted by Crippen LogP contribution is 2.45. The second-order valence-corrected chi connectivity index (χ2v) is 8.42. The van der Waals surface area contributed by atoms with Crippen molar-refractivity contribution in [3.8, 4) is 6.07 Å². The van der Waals surface area contributed by atoms with E-state index in [1.165, 1.54) is 0 Å². The summed E-state index contributed by atoms with van der Waals surface area (Å²) in [4.78, 5) is 29.7. The molecule has 7 heteroatoms. The van der Waals surface area contributed by atoms with Crippen molar-refractivity contribution in [1.29, 1.82) is 5.26 Å². The fourth-order valence-electron chi connectivity index (χ4n) is 4.67. The summed E-state index contributed by atoms with van der Waals surface area (Å²) in [5, 5.41) is 9.99. The number of aromatic amines is 1. The normalized spacial score (nSPS) is 17.3. The molecule has 1 aromatic carbocycles. The molecule has 1 N–H and O–H groups in total. The summed E-state index contributed by atoms with van der Waals surface area (Å²) in [6.45, 7) is 4.34. The fourth-order valence-corrected chi connectivity index (χ4v) is 4.67. The molecule has 2 fully saturated rings. The standard InChI is InChI=1S/C23H24N6O/c1-16-13-25-21-20(16)22(27-15-26-21)28-9-10-29(23(14-28)6-7-23)19(30)12-18-4-2-3-17(11-18)5-8-24/h2-4,11,13,15H,5-7,9-10,12,14H2,1H3,(H,25,26,27). The van der Waals surface area contributed by atoms with Gasteiger partial charge in [0.05, 0.1) is 29.8 Å². The second-order valence-electron chi connectivity index (χ2n) is 8.42. The van der Waals surface area contributed by atoms with E-state index in [1.54, 1.807) is 6.33 Å². The molecule has 30 heavy (non-hydrogen) atoms. The molecule has 2 aromatic heterocycles. The smallest absolute Gasteiger partial charge is 0.227 e. The number of fused-ring (bicyclic) bond motifs is 1. The molecular weight excluding hydrogens is 376 g/mol. The molecule has 0 atom stereocenters. The van der Waals surface area contributed by atoms with Crippen LogP contribution in [0.5, 0.6) is 0 Å². The Morgan fingerprint density at radius 3 is 2.90 bits per heavy atom. The van der Waals surface area contributed by atoms with Gasteiger partial charge in [-0.15, -0.1) is 0 Å². The molecule has 3 heterocycles. The number of amides is 1. The van der Waals surface area contributed by atoms with Gasteiger partial charge in [0.25, 0.3) is 0 Å². The summed E-state index contributed by atoms with van der Waals surface area (Å²) in [6, 6.07) is 9.99. The Morgan fingerprint density at radius 1 is 1.27 bits per heavy atom. The van der Waals surface area contributed by atoms with E-state index in [2.05, 4.69) is 37.7 Å². The number of nitrogens with one attached hydrogen (secondary N) is 1. The third-order valence-corrected chi connectivity index (χ3v) is 6.36. The Hall–Kier alpha value is -3.40. The summed E-state index contributed by atoms with van der Waals surface area (Å²) in [5.41, 5.74) is 3.86. The van der Waals surface area contributed by atoms with Gasteiger partial charge in [-0.2, -0.15) is 5.26 Å². The highest BCUT2D eigenvalue weighted by atomic mass is 16.2. The molecule has 5 rings (SSSR count). The molecule has 0 unspecified atom stereocenters. The van der Waals surface area contributed by atoms with E-state index in [9.17, 15) is 4.79 Å². The second kappa shape index (κ2) is 7.13. The maximum atomic E-state index is 13.2. The zero-order valence-corrected chi connectivity index (χ0v) is 17.1. The minimum absolute atomic E-state index is 0.0823. The third kappa shape index (κ3) is 3.18. The van der Waals surface area contributed by atoms with Crippen molar-refractivity contribution >= 4 is 22.8 Å². The van der Waals surface area contributed by atoms with E-state index in [1.807, 2.05) is 30.5 Å². The summed E-state index contributed by atoms with van der Waals surface area (Å²) in [7, 11) is 0.